The monoisotopic (exact) mass is 251 g/mol. The number of nitrogens with zero attached hydrogens (tertiary/aromatic N) is 1. The summed E-state index contributed by atoms with van der Waals surface area (Å²) in [4.78, 5) is 11.7. The Kier molecular flexibility index (Phi) is 4.52. The number of amides is 1. The molecule has 1 rings (SSSR count). The van der Waals surface area contributed by atoms with Crippen molar-refractivity contribution in [2.24, 2.45) is 0 Å². The summed E-state index contributed by atoms with van der Waals surface area (Å²) in [5.41, 5.74) is 0.679. The summed E-state index contributed by atoms with van der Waals surface area (Å²) in [5, 5.41) is 0. The van der Waals surface area contributed by atoms with Gasteiger partial charge in [0.1, 0.15) is 6.00 Å². The third kappa shape index (κ3) is 2.77. The first-order valence-electron chi connectivity index (χ1n) is 3.87. The molecule has 0 fully saturated rings. The quantitative estimate of drug-likeness (QED) is 0.598. The second-order valence-electron chi connectivity index (χ2n) is 2.52. The van der Waals surface area contributed by atoms with Gasteiger partial charge in [-0.15, -0.1) is 11.6 Å². The van der Waals surface area contributed by atoms with Crippen LogP contribution in [0, 0.1) is 0 Å². The van der Waals surface area contributed by atoms with Gasteiger partial charge in [-0.1, -0.05) is 41.4 Å². The number of anilines is 1. The highest BCUT2D eigenvalue weighted by molar-refractivity contribution is 6.55. The third-order valence-electron chi connectivity index (χ3n) is 1.64. The minimum atomic E-state index is -1.09. The summed E-state index contributed by atoms with van der Waals surface area (Å²) in [6.07, 6.45) is 0. The molecule has 0 aliphatic rings. The average Bonchev–Trinajstić information content (AvgIpc) is 2.20. The van der Waals surface area contributed by atoms with Gasteiger partial charge in [-0.2, -0.15) is 0 Å². The lowest BCUT2D eigenvalue weighted by Crippen LogP contribution is -2.33. The van der Waals surface area contributed by atoms with Gasteiger partial charge in [0, 0.05) is 5.69 Å². The molecule has 2 nitrogen and oxygen atoms in total. The predicted octanol–water partition coefficient (Wildman–Crippen LogP) is 3.02. The van der Waals surface area contributed by atoms with Crippen molar-refractivity contribution in [2.75, 3.05) is 10.9 Å². The molecule has 0 unspecified atom stereocenters. The zero-order valence-electron chi connectivity index (χ0n) is 7.16. The van der Waals surface area contributed by atoms with Crippen LogP contribution < -0.4 is 4.90 Å². The Morgan fingerprint density at radius 3 is 2.29 bits per heavy atom. The van der Waals surface area contributed by atoms with Crippen molar-refractivity contribution in [3.8, 4) is 0 Å². The van der Waals surface area contributed by atoms with E-state index in [9.17, 15) is 4.79 Å². The molecule has 0 heterocycles. The Bertz CT molecular complexity index is 302. The molecule has 14 heavy (non-hydrogen) atoms. The largest absolute Gasteiger partial charge is 0.296 e. The summed E-state index contributed by atoms with van der Waals surface area (Å²) >= 11 is 16.6. The minimum Gasteiger partial charge on any atom is -0.296 e. The van der Waals surface area contributed by atoms with Gasteiger partial charge in [-0.05, 0) is 12.1 Å². The molecule has 0 radical (unpaired) electrons. The van der Waals surface area contributed by atoms with Gasteiger partial charge in [0.2, 0.25) is 0 Å². The average molecular weight is 253 g/mol. The number of hydrogen-bond donors (Lipinski definition) is 0. The summed E-state index contributed by atoms with van der Waals surface area (Å²) in [7, 11) is 0. The molecule has 0 aliphatic heterocycles. The minimum absolute atomic E-state index is 0.0266. The summed E-state index contributed by atoms with van der Waals surface area (Å²) < 4.78 is 0. The van der Waals surface area contributed by atoms with Crippen LogP contribution in [0.4, 0.5) is 5.69 Å². The first-order valence-corrected chi connectivity index (χ1v) is 5.28. The normalized spacial score (nSPS) is 10.3. The number of carbonyl (C=O) groups is 1. The number of benzene rings is 1. The van der Waals surface area contributed by atoms with Gasteiger partial charge in [-0.25, -0.2) is 0 Å². The lowest BCUT2D eigenvalue weighted by molar-refractivity contribution is -0.116. The van der Waals surface area contributed by atoms with E-state index in [0.29, 0.717) is 5.69 Å². The van der Waals surface area contributed by atoms with Crippen molar-refractivity contribution < 1.29 is 4.79 Å². The van der Waals surface area contributed by atoms with Crippen molar-refractivity contribution >= 4 is 46.4 Å². The van der Waals surface area contributed by atoms with Crippen molar-refractivity contribution in [1.82, 2.24) is 0 Å². The van der Waals surface area contributed by atoms with Crippen molar-refractivity contribution in [1.29, 1.82) is 0 Å². The second kappa shape index (κ2) is 5.44. The second-order valence-corrected chi connectivity index (χ2v) is 3.86. The van der Waals surface area contributed by atoms with E-state index in [4.69, 9.17) is 34.8 Å². The fraction of sp³-hybridized carbons (Fsp3) is 0.222. The lowest BCUT2D eigenvalue weighted by atomic mass is 10.3. The maximum Gasteiger partial charge on any atom is 0.261 e. The molecule has 0 aromatic heterocycles. The maximum atomic E-state index is 11.5. The Balaban J connectivity index is 2.88. The molecule has 0 N–H and O–H groups in total. The van der Waals surface area contributed by atoms with E-state index in [2.05, 4.69) is 0 Å². The highest BCUT2D eigenvalue weighted by Crippen LogP contribution is 2.17. The van der Waals surface area contributed by atoms with Crippen LogP contribution in [-0.2, 0) is 4.79 Å². The molecule has 0 atom stereocenters. The SMILES string of the molecule is O=C(C(Cl)Cl)N(CCl)c1ccccc1. The van der Waals surface area contributed by atoms with E-state index in [0.717, 1.165) is 0 Å². The van der Waals surface area contributed by atoms with Crippen molar-refractivity contribution in [2.45, 2.75) is 4.84 Å². The number of para-hydroxylation sites is 1. The van der Waals surface area contributed by atoms with E-state index >= 15 is 0 Å². The molecule has 0 saturated carbocycles. The van der Waals surface area contributed by atoms with E-state index in [1.54, 1.807) is 24.3 Å². The van der Waals surface area contributed by atoms with Gasteiger partial charge in [0.05, 0.1) is 0 Å². The molecule has 0 aliphatic carbocycles. The summed E-state index contributed by atoms with van der Waals surface area (Å²) in [6, 6.07) is 9.00. The van der Waals surface area contributed by atoms with Crippen LogP contribution in [0.1, 0.15) is 0 Å². The maximum absolute atomic E-state index is 11.5. The van der Waals surface area contributed by atoms with Crippen LogP contribution in [0.3, 0.4) is 0 Å². The molecule has 1 aromatic rings. The van der Waals surface area contributed by atoms with Crippen LogP contribution >= 0.6 is 34.8 Å². The standard InChI is InChI=1S/C9H8Cl3NO/c10-6-13(9(14)8(11)12)7-4-2-1-3-5-7/h1-5,8H,6H2. The first-order chi connectivity index (χ1) is 6.66. The van der Waals surface area contributed by atoms with E-state index < -0.39 is 10.7 Å². The topological polar surface area (TPSA) is 20.3 Å². The number of halogens is 3. The Morgan fingerprint density at radius 1 is 1.29 bits per heavy atom. The van der Waals surface area contributed by atoms with E-state index in [-0.39, 0.29) is 6.00 Å². The molecule has 1 amide bonds. The fourth-order valence-corrected chi connectivity index (χ4v) is 1.47. The van der Waals surface area contributed by atoms with Crippen LogP contribution in [0.2, 0.25) is 0 Å². The van der Waals surface area contributed by atoms with Crippen LogP contribution in [0.15, 0.2) is 30.3 Å². The van der Waals surface area contributed by atoms with Crippen LogP contribution in [-0.4, -0.2) is 16.7 Å². The van der Waals surface area contributed by atoms with Crippen LogP contribution in [0.25, 0.3) is 0 Å². The van der Waals surface area contributed by atoms with Crippen molar-refractivity contribution in [3.63, 3.8) is 0 Å². The number of carbonyl (C=O) groups excluding carboxylic acids is 1. The highest BCUT2D eigenvalue weighted by atomic mass is 35.5. The molecule has 0 bridgehead atoms. The third-order valence-corrected chi connectivity index (χ3v) is 2.25. The first kappa shape index (κ1) is 11.6. The number of hydrogen-bond acceptors (Lipinski definition) is 1. The van der Waals surface area contributed by atoms with E-state index in [1.165, 1.54) is 4.90 Å². The van der Waals surface area contributed by atoms with Gasteiger partial charge in [-0.3, -0.25) is 9.69 Å². The Labute approximate surface area is 97.4 Å². The molecule has 76 valence electrons. The molecule has 5 heteroatoms. The molecule has 1 aromatic carbocycles. The highest BCUT2D eigenvalue weighted by Gasteiger charge is 2.20. The number of alkyl halides is 3. The zero-order valence-corrected chi connectivity index (χ0v) is 9.43. The molecular weight excluding hydrogens is 244 g/mol. The molecule has 0 saturated heterocycles. The Hall–Kier alpha value is -0.440. The summed E-state index contributed by atoms with van der Waals surface area (Å²) in [6.45, 7) is 0. The Morgan fingerprint density at radius 2 is 1.86 bits per heavy atom. The number of rotatable bonds is 3. The zero-order chi connectivity index (χ0) is 10.6. The predicted molar refractivity (Wildman–Crippen MR) is 60.1 cm³/mol. The van der Waals surface area contributed by atoms with Gasteiger partial charge in [0.25, 0.3) is 5.91 Å². The van der Waals surface area contributed by atoms with Gasteiger partial charge < -0.3 is 0 Å². The van der Waals surface area contributed by atoms with Crippen LogP contribution in [0.5, 0.6) is 0 Å². The van der Waals surface area contributed by atoms with Gasteiger partial charge in [0.15, 0.2) is 4.84 Å². The molecular formula is C9H8Cl3NO. The van der Waals surface area contributed by atoms with Gasteiger partial charge >= 0.3 is 0 Å². The molecule has 0 spiro atoms. The van der Waals surface area contributed by atoms with Crippen molar-refractivity contribution in [3.05, 3.63) is 30.3 Å². The fourth-order valence-electron chi connectivity index (χ4n) is 0.981. The smallest absolute Gasteiger partial charge is 0.261 e. The van der Waals surface area contributed by atoms with E-state index in [1.807, 2.05) is 6.07 Å². The lowest BCUT2D eigenvalue weighted by Gasteiger charge is -2.19. The summed E-state index contributed by atoms with van der Waals surface area (Å²) in [5.74, 6) is -0.422.